The average Bonchev–Trinajstić information content (AvgIpc) is 2.69. The van der Waals surface area contributed by atoms with Gasteiger partial charge in [0.1, 0.15) is 5.82 Å². The van der Waals surface area contributed by atoms with E-state index in [-0.39, 0.29) is 11.9 Å². The molecular weight excluding hydrogens is 209 g/mol. The first-order valence-electron chi connectivity index (χ1n) is 4.73. The highest BCUT2D eigenvalue weighted by Crippen LogP contribution is 2.26. The zero-order valence-electron chi connectivity index (χ0n) is 8.41. The summed E-state index contributed by atoms with van der Waals surface area (Å²) >= 11 is 1.62. The van der Waals surface area contributed by atoms with Crippen LogP contribution in [0.2, 0.25) is 0 Å². The molecule has 2 aromatic rings. The lowest BCUT2D eigenvalue weighted by Gasteiger charge is -2.12. The smallest absolute Gasteiger partial charge is 0.123 e. The molecule has 1 nitrogen and oxygen atoms in total. The SMILES string of the molecule is Cc1cc(F)ccc1[C@H](N)c1cccs1. The van der Waals surface area contributed by atoms with Crippen molar-refractivity contribution >= 4 is 11.3 Å². The molecule has 0 radical (unpaired) electrons. The van der Waals surface area contributed by atoms with Gasteiger partial charge in [0.15, 0.2) is 0 Å². The van der Waals surface area contributed by atoms with Gasteiger partial charge in [-0.15, -0.1) is 11.3 Å². The van der Waals surface area contributed by atoms with Gasteiger partial charge >= 0.3 is 0 Å². The Morgan fingerprint density at radius 3 is 2.73 bits per heavy atom. The molecule has 0 spiro atoms. The minimum Gasteiger partial charge on any atom is -0.320 e. The van der Waals surface area contributed by atoms with Crippen LogP contribution in [0.5, 0.6) is 0 Å². The maximum atomic E-state index is 12.9. The molecule has 0 unspecified atom stereocenters. The van der Waals surface area contributed by atoms with Crippen LogP contribution in [0.25, 0.3) is 0 Å². The summed E-state index contributed by atoms with van der Waals surface area (Å²) in [5.41, 5.74) is 7.98. The van der Waals surface area contributed by atoms with Gasteiger partial charge in [0.05, 0.1) is 6.04 Å². The number of benzene rings is 1. The number of thiophene rings is 1. The predicted molar refractivity (Wildman–Crippen MR) is 61.5 cm³/mol. The molecule has 0 saturated carbocycles. The lowest BCUT2D eigenvalue weighted by molar-refractivity contribution is 0.625. The van der Waals surface area contributed by atoms with Gasteiger partial charge in [0.25, 0.3) is 0 Å². The van der Waals surface area contributed by atoms with Gasteiger partial charge in [0.2, 0.25) is 0 Å². The van der Waals surface area contributed by atoms with Gasteiger partial charge in [0, 0.05) is 4.88 Å². The van der Waals surface area contributed by atoms with Crippen molar-refractivity contribution in [1.82, 2.24) is 0 Å². The Balaban J connectivity index is 2.38. The Bertz CT molecular complexity index is 451. The van der Waals surface area contributed by atoms with E-state index < -0.39 is 0 Å². The first-order chi connectivity index (χ1) is 7.18. The standard InChI is InChI=1S/C12H12FNS/c1-8-7-9(13)4-5-10(8)12(14)11-3-2-6-15-11/h2-7,12H,14H2,1H3/t12-/m0/s1. The van der Waals surface area contributed by atoms with Crippen LogP contribution in [0, 0.1) is 12.7 Å². The van der Waals surface area contributed by atoms with Crippen LogP contribution < -0.4 is 5.73 Å². The number of rotatable bonds is 2. The molecule has 0 fully saturated rings. The molecule has 0 aliphatic rings. The third-order valence-corrected chi connectivity index (χ3v) is 3.37. The maximum Gasteiger partial charge on any atom is 0.123 e. The van der Waals surface area contributed by atoms with E-state index in [0.717, 1.165) is 16.0 Å². The molecule has 1 atom stereocenters. The Hall–Kier alpha value is -1.19. The molecule has 3 heteroatoms. The second kappa shape index (κ2) is 4.13. The third kappa shape index (κ3) is 2.08. The Morgan fingerprint density at radius 2 is 2.13 bits per heavy atom. The normalized spacial score (nSPS) is 12.7. The fourth-order valence-corrected chi connectivity index (χ4v) is 2.35. The van der Waals surface area contributed by atoms with Crippen LogP contribution in [-0.2, 0) is 0 Å². The zero-order valence-corrected chi connectivity index (χ0v) is 9.22. The second-order valence-corrected chi connectivity index (χ2v) is 4.47. The molecule has 1 heterocycles. The summed E-state index contributed by atoms with van der Waals surface area (Å²) in [4.78, 5) is 1.10. The van der Waals surface area contributed by atoms with E-state index in [1.807, 2.05) is 24.4 Å². The molecule has 2 rings (SSSR count). The molecule has 1 aromatic heterocycles. The topological polar surface area (TPSA) is 26.0 Å². The average molecular weight is 221 g/mol. The summed E-state index contributed by atoms with van der Waals surface area (Å²) in [6, 6.07) is 8.55. The van der Waals surface area contributed by atoms with E-state index in [0.29, 0.717) is 0 Å². The maximum absolute atomic E-state index is 12.9. The van der Waals surface area contributed by atoms with Crippen molar-refractivity contribution in [2.45, 2.75) is 13.0 Å². The molecule has 78 valence electrons. The van der Waals surface area contributed by atoms with Gasteiger partial charge in [-0.05, 0) is 41.6 Å². The van der Waals surface area contributed by atoms with Gasteiger partial charge in [-0.25, -0.2) is 4.39 Å². The van der Waals surface area contributed by atoms with E-state index in [1.165, 1.54) is 12.1 Å². The molecule has 0 bridgehead atoms. The van der Waals surface area contributed by atoms with Gasteiger partial charge in [-0.3, -0.25) is 0 Å². The van der Waals surface area contributed by atoms with Crippen molar-refractivity contribution in [2.75, 3.05) is 0 Å². The predicted octanol–water partition coefficient (Wildman–Crippen LogP) is 3.24. The Kier molecular flexibility index (Phi) is 2.84. The highest BCUT2D eigenvalue weighted by Gasteiger charge is 2.12. The highest BCUT2D eigenvalue weighted by atomic mass is 32.1. The summed E-state index contributed by atoms with van der Waals surface area (Å²) < 4.78 is 12.9. The van der Waals surface area contributed by atoms with Crippen LogP contribution in [0.15, 0.2) is 35.7 Å². The Morgan fingerprint density at radius 1 is 1.33 bits per heavy atom. The van der Waals surface area contributed by atoms with Crippen LogP contribution in [0.3, 0.4) is 0 Å². The minimum atomic E-state index is -0.213. The summed E-state index contributed by atoms with van der Waals surface area (Å²) in [5.74, 6) is -0.213. The van der Waals surface area contributed by atoms with Crippen molar-refractivity contribution in [3.63, 3.8) is 0 Å². The van der Waals surface area contributed by atoms with E-state index in [4.69, 9.17) is 5.73 Å². The molecule has 0 saturated heterocycles. The number of aryl methyl sites for hydroxylation is 1. The monoisotopic (exact) mass is 221 g/mol. The lowest BCUT2D eigenvalue weighted by Crippen LogP contribution is -2.11. The molecular formula is C12H12FNS. The Labute approximate surface area is 92.4 Å². The second-order valence-electron chi connectivity index (χ2n) is 3.49. The largest absolute Gasteiger partial charge is 0.320 e. The molecule has 1 aromatic carbocycles. The van der Waals surface area contributed by atoms with E-state index in [1.54, 1.807) is 17.4 Å². The zero-order chi connectivity index (χ0) is 10.8. The highest BCUT2D eigenvalue weighted by molar-refractivity contribution is 7.10. The van der Waals surface area contributed by atoms with E-state index in [9.17, 15) is 4.39 Å². The molecule has 0 amide bonds. The van der Waals surface area contributed by atoms with Gasteiger partial charge < -0.3 is 5.73 Å². The van der Waals surface area contributed by atoms with Crippen molar-refractivity contribution in [2.24, 2.45) is 5.73 Å². The van der Waals surface area contributed by atoms with Crippen molar-refractivity contribution in [1.29, 1.82) is 0 Å². The van der Waals surface area contributed by atoms with Crippen molar-refractivity contribution < 1.29 is 4.39 Å². The molecule has 0 aliphatic carbocycles. The summed E-state index contributed by atoms with van der Waals surface area (Å²) in [6.07, 6.45) is 0. The number of hydrogen-bond donors (Lipinski definition) is 1. The molecule has 0 aliphatic heterocycles. The first-order valence-corrected chi connectivity index (χ1v) is 5.61. The third-order valence-electron chi connectivity index (χ3n) is 2.42. The number of nitrogens with two attached hydrogens (primary N) is 1. The van der Waals surface area contributed by atoms with E-state index in [2.05, 4.69) is 0 Å². The fourth-order valence-electron chi connectivity index (χ4n) is 1.61. The van der Waals surface area contributed by atoms with Gasteiger partial charge in [-0.2, -0.15) is 0 Å². The van der Waals surface area contributed by atoms with Crippen molar-refractivity contribution in [3.05, 3.63) is 57.5 Å². The summed E-state index contributed by atoms with van der Waals surface area (Å²) in [7, 11) is 0. The number of halogens is 1. The van der Waals surface area contributed by atoms with Crippen LogP contribution in [0.1, 0.15) is 22.0 Å². The molecule has 2 N–H and O–H groups in total. The first kappa shape index (κ1) is 10.3. The van der Waals surface area contributed by atoms with Crippen LogP contribution in [-0.4, -0.2) is 0 Å². The van der Waals surface area contributed by atoms with Crippen LogP contribution >= 0.6 is 11.3 Å². The summed E-state index contributed by atoms with van der Waals surface area (Å²) in [6.45, 7) is 1.88. The minimum absolute atomic E-state index is 0.148. The van der Waals surface area contributed by atoms with Gasteiger partial charge in [-0.1, -0.05) is 12.1 Å². The van der Waals surface area contributed by atoms with Crippen LogP contribution in [0.4, 0.5) is 4.39 Å². The fraction of sp³-hybridized carbons (Fsp3) is 0.167. The lowest BCUT2D eigenvalue weighted by atomic mass is 10.0. The summed E-state index contributed by atoms with van der Waals surface area (Å²) in [5, 5.41) is 1.99. The van der Waals surface area contributed by atoms with Crippen molar-refractivity contribution in [3.8, 4) is 0 Å². The molecule has 15 heavy (non-hydrogen) atoms. The quantitative estimate of drug-likeness (QED) is 0.827. The van der Waals surface area contributed by atoms with E-state index >= 15 is 0 Å². The number of hydrogen-bond acceptors (Lipinski definition) is 2.